The van der Waals surface area contributed by atoms with Gasteiger partial charge in [-0.2, -0.15) is 4.98 Å². The van der Waals surface area contributed by atoms with Gasteiger partial charge in [-0.15, -0.1) is 0 Å². The van der Waals surface area contributed by atoms with Crippen LogP contribution in [0.15, 0.2) is 6.20 Å². The molecule has 0 saturated heterocycles. The Morgan fingerprint density at radius 1 is 1.64 bits per heavy atom. The number of methoxy groups -OCH3 is 1. The van der Waals surface area contributed by atoms with Crippen molar-refractivity contribution in [3.8, 4) is 5.75 Å². The summed E-state index contributed by atoms with van der Waals surface area (Å²) >= 11 is 5.53. The second-order valence-corrected chi connectivity index (χ2v) is 2.14. The summed E-state index contributed by atoms with van der Waals surface area (Å²) < 4.78 is 4.95. The second kappa shape index (κ2) is 3.39. The van der Waals surface area contributed by atoms with Crippen molar-refractivity contribution in [2.24, 2.45) is 0 Å². The van der Waals surface area contributed by atoms with Crippen LogP contribution in [0, 0.1) is 0 Å². The highest BCUT2D eigenvalue weighted by molar-refractivity contribution is 6.28. The molecule has 5 heteroatoms. The minimum Gasteiger partial charge on any atom is -0.491 e. The van der Waals surface area contributed by atoms with E-state index in [2.05, 4.69) is 15.3 Å². The van der Waals surface area contributed by atoms with Crippen molar-refractivity contribution < 1.29 is 4.74 Å². The van der Waals surface area contributed by atoms with E-state index in [4.69, 9.17) is 16.3 Å². The molecular formula is C6H8ClN3O. The van der Waals surface area contributed by atoms with Crippen LogP contribution >= 0.6 is 11.6 Å². The first-order valence-corrected chi connectivity index (χ1v) is 3.40. The molecule has 1 rings (SSSR count). The highest BCUT2D eigenvalue weighted by Crippen LogP contribution is 2.20. The molecule has 0 spiro atoms. The molecule has 0 aliphatic rings. The molecule has 0 fully saturated rings. The molecule has 0 atom stereocenters. The molecule has 1 aromatic heterocycles. The monoisotopic (exact) mass is 173 g/mol. The first-order valence-electron chi connectivity index (χ1n) is 3.02. The molecule has 0 aromatic carbocycles. The van der Waals surface area contributed by atoms with Crippen LogP contribution in [-0.4, -0.2) is 24.1 Å². The lowest BCUT2D eigenvalue weighted by molar-refractivity contribution is 0.413. The van der Waals surface area contributed by atoms with Gasteiger partial charge in [0, 0.05) is 7.05 Å². The maximum atomic E-state index is 5.53. The molecule has 0 bridgehead atoms. The van der Waals surface area contributed by atoms with Crippen LogP contribution < -0.4 is 10.1 Å². The summed E-state index contributed by atoms with van der Waals surface area (Å²) in [5.41, 5.74) is 0. The Labute approximate surface area is 69.6 Å². The van der Waals surface area contributed by atoms with Gasteiger partial charge in [-0.05, 0) is 11.6 Å². The van der Waals surface area contributed by atoms with Crippen LogP contribution in [0.4, 0.5) is 5.82 Å². The Morgan fingerprint density at radius 2 is 2.36 bits per heavy atom. The van der Waals surface area contributed by atoms with Crippen molar-refractivity contribution in [1.29, 1.82) is 0 Å². The number of nitrogens with zero attached hydrogens (tertiary/aromatic N) is 2. The zero-order valence-electron chi connectivity index (χ0n) is 6.26. The molecule has 0 saturated carbocycles. The fourth-order valence-electron chi connectivity index (χ4n) is 0.678. The molecule has 11 heavy (non-hydrogen) atoms. The zero-order valence-corrected chi connectivity index (χ0v) is 7.01. The van der Waals surface area contributed by atoms with Crippen LogP contribution in [0.5, 0.6) is 5.75 Å². The standard InChI is InChI=1S/C6H8ClN3O/c1-8-5-4(11-2)3-9-6(7)10-5/h3H,1-2H3,(H,8,9,10). The van der Waals surface area contributed by atoms with Gasteiger partial charge >= 0.3 is 0 Å². The summed E-state index contributed by atoms with van der Waals surface area (Å²) in [4.78, 5) is 7.63. The minimum atomic E-state index is 0.204. The fourth-order valence-corrected chi connectivity index (χ4v) is 0.811. The molecule has 0 unspecified atom stereocenters. The van der Waals surface area contributed by atoms with E-state index in [0.29, 0.717) is 11.6 Å². The van der Waals surface area contributed by atoms with Gasteiger partial charge in [0.2, 0.25) is 5.28 Å². The molecule has 0 amide bonds. The molecule has 1 aromatic rings. The normalized spacial score (nSPS) is 9.36. The lowest BCUT2D eigenvalue weighted by Gasteiger charge is -2.04. The summed E-state index contributed by atoms with van der Waals surface area (Å²) in [6.45, 7) is 0. The zero-order chi connectivity index (χ0) is 8.27. The maximum absolute atomic E-state index is 5.53. The molecule has 60 valence electrons. The molecule has 0 aliphatic heterocycles. The van der Waals surface area contributed by atoms with E-state index in [1.165, 1.54) is 6.20 Å². The van der Waals surface area contributed by atoms with Gasteiger partial charge in [0.1, 0.15) is 0 Å². The van der Waals surface area contributed by atoms with Crippen molar-refractivity contribution >= 4 is 17.4 Å². The second-order valence-electron chi connectivity index (χ2n) is 1.81. The third kappa shape index (κ3) is 1.71. The van der Waals surface area contributed by atoms with Crippen LogP contribution in [0.3, 0.4) is 0 Å². The Kier molecular flexibility index (Phi) is 2.48. The predicted octanol–water partition coefficient (Wildman–Crippen LogP) is 1.18. The number of halogens is 1. The number of aromatic nitrogens is 2. The number of hydrogen-bond acceptors (Lipinski definition) is 4. The Bertz CT molecular complexity index is 254. The van der Waals surface area contributed by atoms with E-state index in [-0.39, 0.29) is 5.28 Å². The van der Waals surface area contributed by atoms with E-state index < -0.39 is 0 Å². The van der Waals surface area contributed by atoms with Crippen LogP contribution in [-0.2, 0) is 0 Å². The number of anilines is 1. The highest BCUT2D eigenvalue weighted by atomic mass is 35.5. The predicted molar refractivity (Wildman–Crippen MR) is 43.1 cm³/mol. The topological polar surface area (TPSA) is 47.0 Å². The number of hydrogen-bond donors (Lipinski definition) is 1. The summed E-state index contributed by atoms with van der Waals surface area (Å²) in [5, 5.41) is 3.03. The van der Waals surface area contributed by atoms with Crippen molar-refractivity contribution in [1.82, 2.24) is 9.97 Å². The van der Waals surface area contributed by atoms with E-state index in [1.807, 2.05) is 0 Å². The van der Waals surface area contributed by atoms with Crippen molar-refractivity contribution in [3.05, 3.63) is 11.5 Å². The van der Waals surface area contributed by atoms with E-state index in [1.54, 1.807) is 14.2 Å². The van der Waals surface area contributed by atoms with Gasteiger partial charge in [-0.3, -0.25) is 0 Å². The van der Waals surface area contributed by atoms with Crippen LogP contribution in [0.1, 0.15) is 0 Å². The summed E-state index contributed by atoms with van der Waals surface area (Å²) in [7, 11) is 3.29. The van der Waals surface area contributed by atoms with Crippen LogP contribution in [0.2, 0.25) is 5.28 Å². The average molecular weight is 174 g/mol. The first-order chi connectivity index (χ1) is 5.27. The third-order valence-electron chi connectivity index (χ3n) is 1.18. The Hall–Kier alpha value is -1.03. The number of rotatable bonds is 2. The Balaban J connectivity index is 3.06. The molecule has 0 aliphatic carbocycles. The molecule has 1 heterocycles. The lowest BCUT2D eigenvalue weighted by Crippen LogP contribution is -1.97. The smallest absolute Gasteiger partial charge is 0.224 e. The fraction of sp³-hybridized carbons (Fsp3) is 0.333. The SMILES string of the molecule is CNc1nc(Cl)ncc1OC. The summed E-state index contributed by atoms with van der Waals surface area (Å²) in [5.74, 6) is 1.17. The van der Waals surface area contributed by atoms with Gasteiger partial charge in [-0.1, -0.05) is 0 Å². The molecular weight excluding hydrogens is 166 g/mol. The van der Waals surface area contributed by atoms with E-state index >= 15 is 0 Å². The maximum Gasteiger partial charge on any atom is 0.224 e. The molecule has 0 radical (unpaired) electrons. The van der Waals surface area contributed by atoms with Crippen LogP contribution in [0.25, 0.3) is 0 Å². The van der Waals surface area contributed by atoms with Crippen molar-refractivity contribution in [2.75, 3.05) is 19.5 Å². The van der Waals surface area contributed by atoms with Gasteiger partial charge < -0.3 is 10.1 Å². The van der Waals surface area contributed by atoms with Gasteiger partial charge in [0.05, 0.1) is 13.3 Å². The summed E-state index contributed by atoms with van der Waals surface area (Å²) in [6, 6.07) is 0. The van der Waals surface area contributed by atoms with Gasteiger partial charge in [-0.25, -0.2) is 4.98 Å². The summed E-state index contributed by atoms with van der Waals surface area (Å²) in [6.07, 6.45) is 1.52. The van der Waals surface area contributed by atoms with Gasteiger partial charge in [0.25, 0.3) is 0 Å². The van der Waals surface area contributed by atoms with E-state index in [9.17, 15) is 0 Å². The average Bonchev–Trinajstić information content (AvgIpc) is 2.04. The number of nitrogens with one attached hydrogen (secondary N) is 1. The van der Waals surface area contributed by atoms with Crippen molar-refractivity contribution in [3.63, 3.8) is 0 Å². The van der Waals surface area contributed by atoms with Crippen molar-refractivity contribution in [2.45, 2.75) is 0 Å². The Morgan fingerprint density at radius 3 is 2.91 bits per heavy atom. The first kappa shape index (κ1) is 8.07. The molecule has 4 nitrogen and oxygen atoms in total. The minimum absolute atomic E-state index is 0.204. The number of ether oxygens (including phenoxy) is 1. The largest absolute Gasteiger partial charge is 0.491 e. The highest BCUT2D eigenvalue weighted by Gasteiger charge is 2.02. The third-order valence-corrected chi connectivity index (χ3v) is 1.36. The van der Waals surface area contributed by atoms with E-state index in [0.717, 1.165) is 0 Å². The lowest BCUT2D eigenvalue weighted by atomic mass is 10.5. The van der Waals surface area contributed by atoms with Gasteiger partial charge in [0.15, 0.2) is 11.6 Å². The quantitative estimate of drug-likeness (QED) is 0.683. The molecule has 1 N–H and O–H groups in total.